The third-order valence-electron chi connectivity index (χ3n) is 4.77. The van der Waals surface area contributed by atoms with Crippen LogP contribution in [0, 0.1) is 0 Å². The first kappa shape index (κ1) is 20.4. The van der Waals surface area contributed by atoms with Crippen molar-refractivity contribution < 1.29 is 19.1 Å². The Hall–Kier alpha value is -3.90. The summed E-state index contributed by atoms with van der Waals surface area (Å²) in [6.07, 6.45) is 0. The first-order chi connectivity index (χ1) is 14.9. The predicted octanol–water partition coefficient (Wildman–Crippen LogP) is 4.45. The summed E-state index contributed by atoms with van der Waals surface area (Å²) in [5.41, 5.74) is 1.78. The van der Waals surface area contributed by atoms with E-state index in [4.69, 9.17) is 9.15 Å². The van der Waals surface area contributed by atoms with E-state index in [9.17, 15) is 14.7 Å². The highest BCUT2D eigenvalue weighted by atomic mass is 16.5. The van der Waals surface area contributed by atoms with E-state index in [0.717, 1.165) is 12.1 Å². The van der Waals surface area contributed by atoms with Gasteiger partial charge in [0.15, 0.2) is 16.8 Å². The summed E-state index contributed by atoms with van der Waals surface area (Å²) >= 11 is 0. The zero-order valence-corrected chi connectivity index (χ0v) is 17.2. The molecule has 0 aliphatic rings. The average molecular weight is 415 g/mol. The minimum absolute atomic E-state index is 0.0175. The molecule has 1 heterocycles. The molecule has 1 N–H and O–H groups in total. The minimum Gasteiger partial charge on any atom is -0.504 e. The van der Waals surface area contributed by atoms with Gasteiger partial charge in [-0.15, -0.1) is 0 Å². The van der Waals surface area contributed by atoms with Crippen molar-refractivity contribution in [2.75, 3.05) is 14.1 Å². The van der Waals surface area contributed by atoms with Crippen molar-refractivity contribution in [2.45, 2.75) is 6.54 Å². The monoisotopic (exact) mass is 415 g/mol. The average Bonchev–Trinajstić information content (AvgIpc) is 2.76. The van der Waals surface area contributed by atoms with E-state index in [1.54, 1.807) is 24.3 Å². The van der Waals surface area contributed by atoms with Crippen LogP contribution in [0.15, 0.2) is 82.0 Å². The van der Waals surface area contributed by atoms with Gasteiger partial charge in [0.05, 0.1) is 10.9 Å². The molecule has 4 aromatic rings. The van der Waals surface area contributed by atoms with Crippen LogP contribution in [0.5, 0.6) is 11.5 Å². The molecule has 0 spiro atoms. The minimum atomic E-state index is -0.660. The van der Waals surface area contributed by atoms with Crippen LogP contribution in [-0.4, -0.2) is 30.1 Å². The van der Waals surface area contributed by atoms with Gasteiger partial charge >= 0.3 is 5.97 Å². The molecule has 0 aliphatic carbocycles. The topological polar surface area (TPSA) is 80.0 Å². The molecule has 0 atom stereocenters. The van der Waals surface area contributed by atoms with Crippen molar-refractivity contribution in [3.05, 3.63) is 94.1 Å². The standard InChI is InChI=1S/C25H21NO5/c1-26(2)15-16-8-10-18(11-9-16)25(29)31-24-20(27)13-12-19-21(28)14-22(30-23(19)24)17-6-4-3-5-7-17/h3-14,27H,15H2,1-2H3. The van der Waals surface area contributed by atoms with Crippen molar-refractivity contribution in [3.63, 3.8) is 0 Å². The van der Waals surface area contributed by atoms with Crippen LogP contribution in [-0.2, 0) is 6.54 Å². The maximum absolute atomic E-state index is 12.7. The summed E-state index contributed by atoms with van der Waals surface area (Å²) in [6, 6.07) is 20.2. The van der Waals surface area contributed by atoms with Crippen molar-refractivity contribution in [2.24, 2.45) is 0 Å². The molecule has 0 unspecified atom stereocenters. The molecular weight excluding hydrogens is 394 g/mol. The van der Waals surface area contributed by atoms with E-state index in [0.29, 0.717) is 16.9 Å². The lowest BCUT2D eigenvalue weighted by molar-refractivity contribution is 0.0730. The summed E-state index contributed by atoms with van der Waals surface area (Å²) < 4.78 is 11.4. The van der Waals surface area contributed by atoms with E-state index >= 15 is 0 Å². The Bertz CT molecular complexity index is 1290. The van der Waals surface area contributed by atoms with Crippen LogP contribution in [0.3, 0.4) is 0 Å². The Labute approximate surface area is 178 Å². The van der Waals surface area contributed by atoms with Crippen molar-refractivity contribution in [1.29, 1.82) is 0 Å². The lowest BCUT2D eigenvalue weighted by Crippen LogP contribution is -2.12. The number of hydrogen-bond donors (Lipinski definition) is 1. The molecule has 0 amide bonds. The molecule has 0 fully saturated rings. The Balaban J connectivity index is 1.73. The number of hydrogen-bond acceptors (Lipinski definition) is 6. The van der Waals surface area contributed by atoms with Gasteiger partial charge in [0, 0.05) is 18.2 Å². The van der Waals surface area contributed by atoms with Crippen LogP contribution < -0.4 is 10.2 Å². The zero-order chi connectivity index (χ0) is 22.0. The highest BCUT2D eigenvalue weighted by Gasteiger charge is 2.19. The Kier molecular flexibility index (Phi) is 5.56. The second-order valence-corrected chi connectivity index (χ2v) is 7.46. The summed E-state index contributed by atoms with van der Waals surface area (Å²) in [5.74, 6) is -0.825. The fourth-order valence-electron chi connectivity index (χ4n) is 3.29. The SMILES string of the molecule is CN(C)Cc1ccc(C(=O)Oc2c(O)ccc3c(=O)cc(-c4ccccc4)oc23)cc1. The van der Waals surface area contributed by atoms with Crippen molar-refractivity contribution in [3.8, 4) is 22.8 Å². The van der Waals surface area contributed by atoms with Gasteiger partial charge in [-0.05, 0) is 43.9 Å². The first-order valence-electron chi connectivity index (χ1n) is 9.73. The van der Waals surface area contributed by atoms with Crippen LogP contribution in [0.25, 0.3) is 22.3 Å². The second-order valence-electron chi connectivity index (χ2n) is 7.46. The number of fused-ring (bicyclic) bond motifs is 1. The Morgan fingerprint density at radius 2 is 1.71 bits per heavy atom. The number of nitrogens with zero attached hydrogens (tertiary/aromatic N) is 1. The highest BCUT2D eigenvalue weighted by Crippen LogP contribution is 2.36. The molecule has 0 saturated carbocycles. The van der Waals surface area contributed by atoms with E-state index in [1.807, 2.05) is 49.3 Å². The molecule has 6 heteroatoms. The van der Waals surface area contributed by atoms with E-state index in [2.05, 4.69) is 0 Å². The van der Waals surface area contributed by atoms with Gasteiger partial charge in [0.25, 0.3) is 0 Å². The fraction of sp³-hybridized carbons (Fsp3) is 0.120. The number of phenols is 1. The molecule has 1 aromatic heterocycles. The molecule has 0 radical (unpaired) electrons. The molecule has 3 aromatic carbocycles. The number of carbonyl (C=O) groups excluding carboxylic acids is 1. The smallest absolute Gasteiger partial charge is 0.343 e. The second kappa shape index (κ2) is 8.45. The third kappa shape index (κ3) is 4.34. The number of esters is 1. The molecule has 0 bridgehead atoms. The molecule has 6 nitrogen and oxygen atoms in total. The number of aromatic hydroxyl groups is 1. The van der Waals surface area contributed by atoms with Crippen LogP contribution in [0.2, 0.25) is 0 Å². The number of ether oxygens (including phenoxy) is 1. The van der Waals surface area contributed by atoms with Crippen LogP contribution in [0.1, 0.15) is 15.9 Å². The van der Waals surface area contributed by atoms with Crippen molar-refractivity contribution >= 4 is 16.9 Å². The zero-order valence-electron chi connectivity index (χ0n) is 17.2. The van der Waals surface area contributed by atoms with E-state index in [-0.39, 0.29) is 27.9 Å². The van der Waals surface area contributed by atoms with Gasteiger partial charge in [-0.2, -0.15) is 0 Å². The quantitative estimate of drug-likeness (QED) is 0.383. The van der Waals surface area contributed by atoms with Gasteiger partial charge in [-0.3, -0.25) is 4.79 Å². The Morgan fingerprint density at radius 3 is 2.39 bits per heavy atom. The summed E-state index contributed by atoms with van der Waals surface area (Å²) in [6.45, 7) is 0.743. The third-order valence-corrected chi connectivity index (χ3v) is 4.77. The first-order valence-corrected chi connectivity index (χ1v) is 9.73. The van der Waals surface area contributed by atoms with Gasteiger partial charge in [0.1, 0.15) is 5.76 Å². The van der Waals surface area contributed by atoms with E-state index < -0.39 is 5.97 Å². The van der Waals surface area contributed by atoms with Gasteiger partial charge < -0.3 is 19.2 Å². The molecule has 4 rings (SSSR count). The van der Waals surface area contributed by atoms with Crippen LogP contribution in [0.4, 0.5) is 0 Å². The Morgan fingerprint density at radius 1 is 1.00 bits per heavy atom. The normalized spacial score (nSPS) is 11.1. The summed E-state index contributed by atoms with van der Waals surface area (Å²) in [7, 11) is 3.92. The number of phenolic OH excluding ortho intramolecular Hbond substituents is 1. The molecule has 156 valence electrons. The largest absolute Gasteiger partial charge is 0.504 e. The van der Waals surface area contributed by atoms with Crippen LogP contribution >= 0.6 is 0 Å². The lowest BCUT2D eigenvalue weighted by atomic mass is 10.1. The van der Waals surface area contributed by atoms with Gasteiger partial charge in [-0.1, -0.05) is 42.5 Å². The van der Waals surface area contributed by atoms with Crippen molar-refractivity contribution in [1.82, 2.24) is 4.90 Å². The van der Waals surface area contributed by atoms with E-state index in [1.165, 1.54) is 18.2 Å². The number of rotatable bonds is 5. The molecular formula is C25H21NO5. The summed E-state index contributed by atoms with van der Waals surface area (Å²) in [5, 5.41) is 10.6. The lowest BCUT2D eigenvalue weighted by Gasteiger charge is -2.11. The number of benzene rings is 3. The summed E-state index contributed by atoms with van der Waals surface area (Å²) in [4.78, 5) is 27.4. The predicted molar refractivity (Wildman–Crippen MR) is 118 cm³/mol. The maximum atomic E-state index is 12.7. The number of carbonyl (C=O) groups is 1. The molecule has 0 saturated heterocycles. The molecule has 31 heavy (non-hydrogen) atoms. The fourth-order valence-corrected chi connectivity index (χ4v) is 3.29. The highest BCUT2D eigenvalue weighted by molar-refractivity contribution is 5.95. The van der Waals surface area contributed by atoms with Gasteiger partial charge in [-0.25, -0.2) is 4.79 Å². The van der Waals surface area contributed by atoms with Gasteiger partial charge in [0.2, 0.25) is 5.75 Å². The maximum Gasteiger partial charge on any atom is 0.343 e. The molecule has 0 aliphatic heterocycles.